The van der Waals surface area contributed by atoms with Crippen molar-refractivity contribution in [3.8, 4) is 11.6 Å². The van der Waals surface area contributed by atoms with Gasteiger partial charge in [-0.3, -0.25) is 14.4 Å². The summed E-state index contributed by atoms with van der Waals surface area (Å²) >= 11 is 0. The van der Waals surface area contributed by atoms with Gasteiger partial charge in [-0.05, 0) is 56.2 Å². The first-order valence-corrected chi connectivity index (χ1v) is 10.1. The molecule has 8 heteroatoms. The summed E-state index contributed by atoms with van der Waals surface area (Å²) in [6, 6.07) is 8.85. The zero-order valence-electron chi connectivity index (χ0n) is 18.4. The van der Waals surface area contributed by atoms with E-state index in [2.05, 4.69) is 4.99 Å². The number of Topliss-reactive ketones (excluding diaryl/α,β-unsaturated/α-hetero) is 1. The molecular weight excluding hydrogens is 421 g/mol. The third-order valence-electron chi connectivity index (χ3n) is 5.17. The van der Waals surface area contributed by atoms with Crippen LogP contribution in [0.2, 0.25) is 0 Å². The molecule has 3 rings (SSSR count). The second-order valence-corrected chi connectivity index (χ2v) is 7.79. The second-order valence-electron chi connectivity index (χ2n) is 7.79. The van der Waals surface area contributed by atoms with Crippen LogP contribution in [-0.4, -0.2) is 41.4 Å². The van der Waals surface area contributed by atoms with E-state index < -0.39 is 11.7 Å². The van der Waals surface area contributed by atoms with Gasteiger partial charge >= 0.3 is 6.18 Å². The number of fused-ring (bicyclic) bond motifs is 1. The van der Waals surface area contributed by atoms with Crippen LogP contribution in [0.5, 0.6) is 5.88 Å². The zero-order chi connectivity index (χ0) is 23.6. The van der Waals surface area contributed by atoms with Crippen molar-refractivity contribution in [2.75, 3.05) is 20.3 Å². The second kappa shape index (κ2) is 9.16. The number of ketones is 1. The number of hydrogen-bond acceptors (Lipinski definition) is 4. The topological polar surface area (TPSA) is 63.8 Å². The average Bonchev–Trinajstić information content (AvgIpc) is 3.00. The van der Waals surface area contributed by atoms with E-state index >= 15 is 0 Å². The predicted octanol–water partition coefficient (Wildman–Crippen LogP) is 5.39. The smallest absolute Gasteiger partial charge is 0.416 e. The molecule has 0 aliphatic heterocycles. The highest BCUT2D eigenvalue weighted by Gasteiger charge is 2.32. The molecule has 0 bridgehead atoms. The van der Waals surface area contributed by atoms with Crippen molar-refractivity contribution in [2.45, 2.75) is 33.4 Å². The van der Waals surface area contributed by atoms with E-state index in [1.165, 1.54) is 17.7 Å². The molecule has 32 heavy (non-hydrogen) atoms. The summed E-state index contributed by atoms with van der Waals surface area (Å²) in [6.45, 7) is 5.55. The normalized spacial score (nSPS) is 12.5. The fourth-order valence-corrected chi connectivity index (χ4v) is 3.73. The monoisotopic (exact) mass is 446 g/mol. The Kier molecular flexibility index (Phi) is 6.74. The minimum atomic E-state index is -4.53. The van der Waals surface area contributed by atoms with Gasteiger partial charge < -0.3 is 9.84 Å². The summed E-state index contributed by atoms with van der Waals surface area (Å²) < 4.78 is 46.5. The Morgan fingerprint density at radius 3 is 2.38 bits per heavy atom. The van der Waals surface area contributed by atoms with E-state index in [-0.39, 0.29) is 36.8 Å². The number of alkyl halides is 3. The number of halogens is 3. The van der Waals surface area contributed by atoms with Crippen molar-refractivity contribution in [2.24, 2.45) is 4.99 Å². The highest BCUT2D eigenvalue weighted by atomic mass is 19.4. The van der Waals surface area contributed by atoms with Crippen LogP contribution in [0, 0.1) is 13.8 Å². The first-order valence-electron chi connectivity index (χ1n) is 10.1. The molecule has 1 aromatic heterocycles. The lowest BCUT2D eigenvalue weighted by atomic mass is 10.1. The number of nitrogens with zero attached hydrogens (tertiary/aromatic N) is 2. The van der Waals surface area contributed by atoms with Crippen LogP contribution >= 0.6 is 0 Å². The first-order chi connectivity index (χ1) is 15.0. The molecule has 5 nitrogen and oxygen atoms in total. The van der Waals surface area contributed by atoms with Gasteiger partial charge in [0.05, 0.1) is 29.8 Å². The Morgan fingerprint density at radius 2 is 1.78 bits per heavy atom. The predicted molar refractivity (Wildman–Crippen MR) is 118 cm³/mol. The van der Waals surface area contributed by atoms with E-state index in [1.54, 1.807) is 19.1 Å². The minimum absolute atomic E-state index is 0.106. The van der Waals surface area contributed by atoms with E-state index in [0.29, 0.717) is 22.3 Å². The Bertz CT molecular complexity index is 1170. The number of carbonyl (C=O) groups excluding carboxylic acids is 1. The van der Waals surface area contributed by atoms with Crippen LogP contribution in [0.3, 0.4) is 0 Å². The number of aromatic nitrogens is 1. The van der Waals surface area contributed by atoms with E-state index in [9.17, 15) is 23.1 Å². The molecule has 0 atom stereocenters. The molecule has 0 saturated heterocycles. The fourth-order valence-electron chi connectivity index (χ4n) is 3.73. The van der Waals surface area contributed by atoms with Gasteiger partial charge in [0.25, 0.3) is 0 Å². The summed E-state index contributed by atoms with van der Waals surface area (Å²) in [6.07, 6.45) is -4.32. The van der Waals surface area contributed by atoms with Crippen LogP contribution in [0.15, 0.2) is 41.4 Å². The molecule has 0 radical (unpaired) electrons. The third kappa shape index (κ3) is 4.85. The minimum Gasteiger partial charge on any atom is -0.494 e. The van der Waals surface area contributed by atoms with Crippen molar-refractivity contribution in [1.82, 2.24) is 4.57 Å². The van der Waals surface area contributed by atoms with Gasteiger partial charge in [-0.25, -0.2) is 0 Å². The number of benzene rings is 2. The van der Waals surface area contributed by atoms with E-state index in [1.807, 2.05) is 19.9 Å². The van der Waals surface area contributed by atoms with Crippen molar-refractivity contribution in [3.05, 3.63) is 58.7 Å². The highest BCUT2D eigenvalue weighted by molar-refractivity contribution is 6.13. The lowest BCUT2D eigenvalue weighted by molar-refractivity contribution is -0.137. The summed E-state index contributed by atoms with van der Waals surface area (Å²) in [7, 11) is 1.50. The molecule has 0 saturated carbocycles. The summed E-state index contributed by atoms with van der Waals surface area (Å²) in [5.41, 5.74) is 2.41. The molecule has 0 aliphatic rings. The molecule has 0 unspecified atom stereocenters. The number of aliphatic imine (C=N–C) groups is 1. The highest BCUT2D eigenvalue weighted by Crippen LogP contribution is 2.39. The standard InChI is InChI=1S/C24H25F3N2O3/c1-14-9-15(2)11-18(10-14)29-21-12-17(24(25,26)27)5-6-20(21)22(23(29)31)16(3)28-13-19(30)7-8-32-4/h5-6,9-12,31H,7-8,13H2,1-4H3. The molecule has 0 fully saturated rings. The number of aromatic hydroxyl groups is 1. The number of carbonyl (C=O) groups is 1. The van der Waals surface area contributed by atoms with Crippen LogP contribution in [0.4, 0.5) is 13.2 Å². The van der Waals surface area contributed by atoms with Gasteiger partial charge in [0.15, 0.2) is 5.78 Å². The van der Waals surface area contributed by atoms with Gasteiger partial charge in [0, 0.05) is 30.3 Å². The number of ether oxygens (including phenoxy) is 1. The lowest BCUT2D eigenvalue weighted by Gasteiger charge is -2.11. The Hall–Kier alpha value is -3.13. The Labute approximate surface area is 184 Å². The number of aryl methyl sites for hydroxylation is 2. The number of rotatable bonds is 7. The summed E-state index contributed by atoms with van der Waals surface area (Å²) in [5.74, 6) is -0.363. The SMILES string of the molecule is COCCC(=O)CN=C(C)c1c(O)n(-c2cc(C)cc(C)c2)c2cc(C(F)(F)F)ccc12. The van der Waals surface area contributed by atoms with Crippen molar-refractivity contribution in [3.63, 3.8) is 0 Å². The van der Waals surface area contributed by atoms with Gasteiger partial charge in [0.2, 0.25) is 5.88 Å². The average molecular weight is 446 g/mol. The van der Waals surface area contributed by atoms with E-state index in [0.717, 1.165) is 23.3 Å². The van der Waals surface area contributed by atoms with Crippen molar-refractivity contribution >= 4 is 22.4 Å². The molecule has 1 N–H and O–H groups in total. The number of hydrogen-bond donors (Lipinski definition) is 1. The van der Waals surface area contributed by atoms with Gasteiger partial charge in [-0.1, -0.05) is 12.1 Å². The molecule has 1 heterocycles. The van der Waals surface area contributed by atoms with Crippen LogP contribution in [0.25, 0.3) is 16.6 Å². The molecular formula is C24H25F3N2O3. The molecule has 3 aromatic rings. The van der Waals surface area contributed by atoms with Crippen molar-refractivity contribution in [1.29, 1.82) is 0 Å². The van der Waals surface area contributed by atoms with Crippen LogP contribution < -0.4 is 0 Å². The largest absolute Gasteiger partial charge is 0.494 e. The fraction of sp³-hybridized carbons (Fsp3) is 0.333. The third-order valence-corrected chi connectivity index (χ3v) is 5.17. The van der Waals surface area contributed by atoms with Crippen LogP contribution in [0.1, 0.15) is 35.6 Å². The molecule has 0 aliphatic carbocycles. The maximum atomic E-state index is 13.4. The molecule has 2 aromatic carbocycles. The lowest BCUT2D eigenvalue weighted by Crippen LogP contribution is -2.08. The van der Waals surface area contributed by atoms with Crippen LogP contribution in [-0.2, 0) is 15.7 Å². The summed E-state index contributed by atoms with van der Waals surface area (Å²) in [5, 5.41) is 11.5. The van der Waals surface area contributed by atoms with Gasteiger partial charge in [-0.15, -0.1) is 0 Å². The Morgan fingerprint density at radius 1 is 1.12 bits per heavy atom. The molecule has 0 spiro atoms. The maximum absolute atomic E-state index is 13.4. The summed E-state index contributed by atoms with van der Waals surface area (Å²) in [4.78, 5) is 16.3. The molecule has 170 valence electrons. The maximum Gasteiger partial charge on any atom is 0.416 e. The quantitative estimate of drug-likeness (QED) is 0.495. The first kappa shape index (κ1) is 23.5. The molecule has 0 amide bonds. The number of methoxy groups -OCH3 is 1. The van der Waals surface area contributed by atoms with Crippen molar-refractivity contribution < 1.29 is 27.8 Å². The van der Waals surface area contributed by atoms with E-state index in [4.69, 9.17) is 4.74 Å². The van der Waals surface area contributed by atoms with Gasteiger partial charge in [0.1, 0.15) is 0 Å². The van der Waals surface area contributed by atoms with Gasteiger partial charge in [-0.2, -0.15) is 13.2 Å². The zero-order valence-corrected chi connectivity index (χ0v) is 18.4. The Balaban J connectivity index is 2.21.